The normalized spacial score (nSPS) is 12.2. The zero-order valence-corrected chi connectivity index (χ0v) is 16.4. The molecule has 1 amide bonds. The number of furan rings is 1. The van der Waals surface area contributed by atoms with Gasteiger partial charge in [-0.2, -0.15) is 0 Å². The molecule has 0 saturated heterocycles. The van der Waals surface area contributed by atoms with E-state index in [0.717, 1.165) is 16.5 Å². The molecule has 4 rings (SSSR count). The Morgan fingerprint density at radius 3 is 2.68 bits per heavy atom. The summed E-state index contributed by atoms with van der Waals surface area (Å²) in [7, 11) is 1.87. The number of fused-ring (bicyclic) bond motifs is 1. The van der Waals surface area contributed by atoms with Crippen LogP contribution in [0.4, 0.5) is 0 Å². The van der Waals surface area contributed by atoms with Crippen LogP contribution in [-0.4, -0.2) is 26.4 Å². The standard InChI is InChI=1S/C21H20N4O2S/c1-14(15-8-4-3-5-9-15)22-19(26)13-28-21-24-23-20(25(21)2)18-12-16-10-6-7-11-17(16)27-18/h3-12,14H,13H2,1-2H3,(H,22,26). The molecule has 28 heavy (non-hydrogen) atoms. The van der Waals surface area contributed by atoms with Crippen molar-refractivity contribution in [3.8, 4) is 11.6 Å². The summed E-state index contributed by atoms with van der Waals surface area (Å²) in [5.74, 6) is 1.51. The molecule has 6 nitrogen and oxygen atoms in total. The Hall–Kier alpha value is -3.06. The van der Waals surface area contributed by atoms with Crippen molar-refractivity contribution in [3.05, 3.63) is 66.2 Å². The minimum absolute atomic E-state index is 0.0418. The number of thioether (sulfide) groups is 1. The van der Waals surface area contributed by atoms with Gasteiger partial charge >= 0.3 is 0 Å². The second-order valence-corrected chi connectivity index (χ2v) is 7.44. The fourth-order valence-electron chi connectivity index (χ4n) is 2.99. The van der Waals surface area contributed by atoms with Crippen LogP contribution < -0.4 is 5.32 Å². The van der Waals surface area contributed by atoms with Crippen molar-refractivity contribution in [3.63, 3.8) is 0 Å². The average molecular weight is 392 g/mol. The van der Waals surface area contributed by atoms with E-state index in [2.05, 4.69) is 15.5 Å². The zero-order valence-electron chi connectivity index (χ0n) is 15.6. The molecule has 1 atom stereocenters. The molecule has 2 heterocycles. The molecule has 0 aliphatic carbocycles. The first-order chi connectivity index (χ1) is 13.6. The van der Waals surface area contributed by atoms with Crippen molar-refractivity contribution < 1.29 is 9.21 Å². The molecule has 142 valence electrons. The highest BCUT2D eigenvalue weighted by Crippen LogP contribution is 2.28. The number of rotatable bonds is 6. The van der Waals surface area contributed by atoms with Crippen molar-refractivity contribution in [1.29, 1.82) is 0 Å². The van der Waals surface area contributed by atoms with Gasteiger partial charge in [0.25, 0.3) is 0 Å². The minimum Gasteiger partial charge on any atom is -0.453 e. The maximum atomic E-state index is 12.3. The minimum atomic E-state index is -0.0466. The molecule has 0 radical (unpaired) electrons. The second kappa shape index (κ2) is 7.90. The van der Waals surface area contributed by atoms with Crippen LogP contribution in [0.5, 0.6) is 0 Å². The molecular weight excluding hydrogens is 372 g/mol. The van der Waals surface area contributed by atoms with E-state index in [1.165, 1.54) is 11.8 Å². The van der Waals surface area contributed by atoms with E-state index < -0.39 is 0 Å². The van der Waals surface area contributed by atoms with Crippen molar-refractivity contribution in [2.75, 3.05) is 5.75 Å². The lowest BCUT2D eigenvalue weighted by atomic mass is 10.1. The highest BCUT2D eigenvalue weighted by Gasteiger charge is 2.17. The van der Waals surface area contributed by atoms with E-state index in [-0.39, 0.29) is 17.7 Å². The number of hydrogen-bond acceptors (Lipinski definition) is 5. The smallest absolute Gasteiger partial charge is 0.230 e. The topological polar surface area (TPSA) is 73.0 Å². The number of carbonyl (C=O) groups excluding carboxylic acids is 1. The van der Waals surface area contributed by atoms with Crippen LogP contribution in [0.15, 0.2) is 70.2 Å². The lowest BCUT2D eigenvalue weighted by Gasteiger charge is -2.13. The van der Waals surface area contributed by atoms with Gasteiger partial charge in [-0.1, -0.05) is 60.3 Å². The largest absolute Gasteiger partial charge is 0.453 e. The van der Waals surface area contributed by atoms with Gasteiger partial charge in [0.2, 0.25) is 5.91 Å². The van der Waals surface area contributed by atoms with Crippen molar-refractivity contribution in [2.45, 2.75) is 18.1 Å². The molecule has 1 unspecified atom stereocenters. The SMILES string of the molecule is CC(NC(=O)CSc1nnc(-c2cc3ccccc3o2)n1C)c1ccccc1. The van der Waals surface area contributed by atoms with E-state index in [4.69, 9.17) is 4.42 Å². The molecule has 0 bridgehead atoms. The van der Waals surface area contributed by atoms with Gasteiger partial charge in [-0.25, -0.2) is 0 Å². The van der Waals surface area contributed by atoms with Gasteiger partial charge in [-0.3, -0.25) is 4.79 Å². The Kier molecular flexibility index (Phi) is 5.16. The fraction of sp³-hybridized carbons (Fsp3) is 0.190. The molecule has 0 fully saturated rings. The van der Waals surface area contributed by atoms with Gasteiger partial charge in [0.15, 0.2) is 16.7 Å². The van der Waals surface area contributed by atoms with E-state index in [1.807, 2.05) is 79.2 Å². The van der Waals surface area contributed by atoms with Gasteiger partial charge < -0.3 is 14.3 Å². The molecule has 4 aromatic rings. The number of amides is 1. The molecule has 0 aliphatic rings. The van der Waals surface area contributed by atoms with Crippen molar-refractivity contribution in [1.82, 2.24) is 20.1 Å². The summed E-state index contributed by atoms with van der Waals surface area (Å²) in [6, 6.07) is 19.6. The van der Waals surface area contributed by atoms with Gasteiger partial charge in [0.05, 0.1) is 11.8 Å². The molecule has 0 saturated carbocycles. The summed E-state index contributed by atoms with van der Waals surface area (Å²) >= 11 is 1.35. The first-order valence-electron chi connectivity index (χ1n) is 8.97. The van der Waals surface area contributed by atoms with Crippen LogP contribution in [0.1, 0.15) is 18.5 Å². The molecule has 0 spiro atoms. The average Bonchev–Trinajstić information content (AvgIpc) is 3.30. The third-order valence-corrected chi connectivity index (χ3v) is 5.51. The fourth-order valence-corrected chi connectivity index (χ4v) is 3.71. The monoisotopic (exact) mass is 392 g/mol. The highest BCUT2D eigenvalue weighted by molar-refractivity contribution is 7.99. The Morgan fingerprint density at radius 2 is 1.89 bits per heavy atom. The molecule has 0 aliphatic heterocycles. The van der Waals surface area contributed by atoms with Crippen LogP contribution in [0.2, 0.25) is 0 Å². The number of para-hydroxylation sites is 1. The number of benzene rings is 2. The Morgan fingerprint density at radius 1 is 1.14 bits per heavy atom. The third-order valence-electron chi connectivity index (χ3n) is 4.49. The van der Waals surface area contributed by atoms with E-state index in [1.54, 1.807) is 0 Å². The molecule has 2 aromatic carbocycles. The highest BCUT2D eigenvalue weighted by atomic mass is 32.2. The quantitative estimate of drug-likeness (QED) is 0.498. The van der Waals surface area contributed by atoms with E-state index in [9.17, 15) is 4.79 Å². The number of nitrogens with zero attached hydrogens (tertiary/aromatic N) is 3. The first kappa shape index (κ1) is 18.3. The van der Waals surface area contributed by atoms with Gasteiger partial charge in [-0.05, 0) is 24.6 Å². The summed E-state index contributed by atoms with van der Waals surface area (Å²) in [6.45, 7) is 1.97. The van der Waals surface area contributed by atoms with E-state index in [0.29, 0.717) is 16.7 Å². The Labute approximate surface area is 167 Å². The van der Waals surface area contributed by atoms with Gasteiger partial charge in [0, 0.05) is 12.4 Å². The van der Waals surface area contributed by atoms with Crippen molar-refractivity contribution >= 4 is 28.6 Å². The number of carbonyl (C=O) groups is 1. The molecule has 2 aromatic heterocycles. The number of aromatic nitrogens is 3. The number of hydrogen-bond donors (Lipinski definition) is 1. The zero-order chi connectivity index (χ0) is 19.5. The maximum Gasteiger partial charge on any atom is 0.230 e. The molecule has 1 N–H and O–H groups in total. The summed E-state index contributed by atoms with van der Waals surface area (Å²) in [5.41, 5.74) is 1.88. The summed E-state index contributed by atoms with van der Waals surface area (Å²) in [6.07, 6.45) is 0. The maximum absolute atomic E-state index is 12.3. The molecule has 7 heteroatoms. The third kappa shape index (κ3) is 3.80. The summed E-state index contributed by atoms with van der Waals surface area (Å²) in [4.78, 5) is 12.3. The predicted molar refractivity (Wildman–Crippen MR) is 110 cm³/mol. The number of nitrogens with one attached hydrogen (secondary N) is 1. The Balaban J connectivity index is 1.41. The molecular formula is C21H20N4O2S. The van der Waals surface area contributed by atoms with E-state index >= 15 is 0 Å². The lowest BCUT2D eigenvalue weighted by Crippen LogP contribution is -2.28. The summed E-state index contributed by atoms with van der Waals surface area (Å²) in [5, 5.41) is 13.1. The summed E-state index contributed by atoms with van der Waals surface area (Å²) < 4.78 is 7.71. The van der Waals surface area contributed by atoms with Crippen molar-refractivity contribution in [2.24, 2.45) is 7.05 Å². The van der Waals surface area contributed by atoms with Crippen LogP contribution in [0, 0.1) is 0 Å². The van der Waals surface area contributed by atoms with Crippen LogP contribution in [-0.2, 0) is 11.8 Å². The lowest BCUT2D eigenvalue weighted by molar-refractivity contribution is -0.119. The van der Waals surface area contributed by atoms with Crippen LogP contribution >= 0.6 is 11.8 Å². The first-order valence-corrected chi connectivity index (χ1v) is 9.96. The predicted octanol–water partition coefficient (Wildman–Crippen LogP) is 4.20. The van der Waals surface area contributed by atoms with Gasteiger partial charge in [-0.15, -0.1) is 10.2 Å². The van der Waals surface area contributed by atoms with Gasteiger partial charge in [0.1, 0.15) is 5.58 Å². The second-order valence-electron chi connectivity index (χ2n) is 6.50. The van der Waals surface area contributed by atoms with Crippen LogP contribution in [0.25, 0.3) is 22.6 Å². The van der Waals surface area contributed by atoms with Crippen LogP contribution in [0.3, 0.4) is 0 Å². The Bertz CT molecular complexity index is 1070.